The van der Waals surface area contributed by atoms with Gasteiger partial charge in [-0.05, 0) is 12.3 Å². The monoisotopic (exact) mass is 213 g/mol. The topological polar surface area (TPSA) is 49.6 Å². The van der Waals surface area contributed by atoms with E-state index in [-0.39, 0.29) is 16.9 Å². The van der Waals surface area contributed by atoms with Crippen LogP contribution in [0, 0.1) is 5.41 Å². The molecule has 15 heavy (non-hydrogen) atoms. The number of nitrogens with two attached hydrogens (primary N) is 1. The highest BCUT2D eigenvalue weighted by atomic mass is 16.2. The predicted octanol–water partition coefficient (Wildman–Crippen LogP) is 0.829. The van der Waals surface area contributed by atoms with E-state index < -0.39 is 0 Å². The van der Waals surface area contributed by atoms with Gasteiger partial charge in [-0.1, -0.05) is 20.8 Å². The molecule has 0 aliphatic carbocycles. The van der Waals surface area contributed by atoms with Gasteiger partial charge in [0, 0.05) is 26.6 Å². The summed E-state index contributed by atoms with van der Waals surface area (Å²) >= 11 is 0. The predicted molar refractivity (Wildman–Crippen MR) is 61.0 cm³/mol. The average molecular weight is 213 g/mol. The van der Waals surface area contributed by atoms with Crippen LogP contribution >= 0.6 is 0 Å². The average Bonchev–Trinajstić information content (AvgIpc) is 2.29. The number of hydrazine groups is 1. The van der Waals surface area contributed by atoms with Crippen molar-refractivity contribution in [2.75, 3.05) is 20.1 Å². The molecule has 1 fully saturated rings. The fourth-order valence-corrected chi connectivity index (χ4v) is 2.08. The van der Waals surface area contributed by atoms with Crippen molar-refractivity contribution < 1.29 is 4.79 Å². The third-order valence-electron chi connectivity index (χ3n) is 3.82. The van der Waals surface area contributed by atoms with Crippen molar-refractivity contribution in [2.45, 2.75) is 39.7 Å². The number of amides is 1. The van der Waals surface area contributed by atoms with E-state index in [9.17, 15) is 4.79 Å². The molecule has 0 aromatic heterocycles. The van der Waals surface area contributed by atoms with E-state index in [0.717, 1.165) is 0 Å². The number of hydrogen-bond acceptors (Lipinski definition) is 3. The molecule has 0 saturated carbocycles. The molecular formula is C11H23N3O. The van der Waals surface area contributed by atoms with Crippen LogP contribution in [-0.4, -0.2) is 41.6 Å². The van der Waals surface area contributed by atoms with E-state index in [0.29, 0.717) is 19.5 Å². The van der Waals surface area contributed by atoms with Crippen LogP contribution in [0.1, 0.15) is 34.1 Å². The maximum Gasteiger partial charge on any atom is 0.238 e. The van der Waals surface area contributed by atoms with Gasteiger partial charge in [0.25, 0.3) is 0 Å². The van der Waals surface area contributed by atoms with E-state index in [1.807, 2.05) is 7.05 Å². The van der Waals surface area contributed by atoms with E-state index in [2.05, 4.69) is 32.7 Å². The molecule has 1 atom stereocenters. The first-order chi connectivity index (χ1) is 6.74. The molecule has 1 rings (SSSR count). The fourth-order valence-electron chi connectivity index (χ4n) is 2.08. The van der Waals surface area contributed by atoms with Crippen LogP contribution in [0.4, 0.5) is 0 Å². The molecule has 1 saturated heterocycles. The SMILES string of the molecule is CN1N(CCN)C(=O)CC1(C)C(C)(C)C. The van der Waals surface area contributed by atoms with E-state index in [1.165, 1.54) is 0 Å². The van der Waals surface area contributed by atoms with E-state index >= 15 is 0 Å². The van der Waals surface area contributed by atoms with Gasteiger partial charge in [0.05, 0.1) is 5.54 Å². The lowest BCUT2D eigenvalue weighted by Crippen LogP contribution is -2.53. The third kappa shape index (κ3) is 1.88. The van der Waals surface area contributed by atoms with Gasteiger partial charge >= 0.3 is 0 Å². The molecule has 4 heteroatoms. The summed E-state index contributed by atoms with van der Waals surface area (Å²) in [5, 5.41) is 3.83. The van der Waals surface area contributed by atoms with Crippen LogP contribution in [0.5, 0.6) is 0 Å². The van der Waals surface area contributed by atoms with Gasteiger partial charge in [0.15, 0.2) is 0 Å². The van der Waals surface area contributed by atoms with Crippen molar-refractivity contribution in [1.29, 1.82) is 0 Å². The largest absolute Gasteiger partial charge is 0.329 e. The number of carbonyl (C=O) groups is 1. The van der Waals surface area contributed by atoms with Gasteiger partial charge in [0.1, 0.15) is 0 Å². The summed E-state index contributed by atoms with van der Waals surface area (Å²) in [5.41, 5.74) is 5.47. The summed E-state index contributed by atoms with van der Waals surface area (Å²) in [7, 11) is 1.98. The van der Waals surface area contributed by atoms with Crippen molar-refractivity contribution >= 4 is 5.91 Å². The third-order valence-corrected chi connectivity index (χ3v) is 3.82. The van der Waals surface area contributed by atoms with Crippen LogP contribution in [0.15, 0.2) is 0 Å². The normalized spacial score (nSPS) is 28.9. The van der Waals surface area contributed by atoms with Crippen molar-refractivity contribution in [3.05, 3.63) is 0 Å². The number of rotatable bonds is 2. The molecular weight excluding hydrogens is 190 g/mol. The minimum atomic E-state index is -0.112. The minimum absolute atomic E-state index is 0.0702. The molecule has 1 amide bonds. The second-order valence-corrected chi connectivity index (χ2v) is 5.53. The fraction of sp³-hybridized carbons (Fsp3) is 0.909. The van der Waals surface area contributed by atoms with Gasteiger partial charge < -0.3 is 5.73 Å². The zero-order valence-electron chi connectivity index (χ0n) is 10.5. The summed E-state index contributed by atoms with van der Waals surface area (Å²) in [6.07, 6.45) is 0.576. The standard InChI is InChI=1S/C11H23N3O/c1-10(2,3)11(4)8-9(15)14(7-6-12)13(11)5/h6-8,12H2,1-5H3. The summed E-state index contributed by atoms with van der Waals surface area (Å²) in [6, 6.07) is 0. The first kappa shape index (κ1) is 12.5. The highest BCUT2D eigenvalue weighted by Gasteiger charge is 2.51. The molecule has 1 heterocycles. The molecule has 0 bridgehead atoms. The molecule has 1 unspecified atom stereocenters. The molecule has 0 spiro atoms. The quantitative estimate of drug-likeness (QED) is 0.739. The molecule has 0 radical (unpaired) electrons. The molecule has 2 N–H and O–H groups in total. The van der Waals surface area contributed by atoms with E-state index in [4.69, 9.17) is 5.73 Å². The van der Waals surface area contributed by atoms with Gasteiger partial charge in [0.2, 0.25) is 5.91 Å². The summed E-state index contributed by atoms with van der Waals surface area (Å²) in [5.74, 6) is 0.181. The van der Waals surface area contributed by atoms with Crippen molar-refractivity contribution in [2.24, 2.45) is 11.1 Å². The molecule has 0 aromatic carbocycles. The molecule has 1 aliphatic rings. The van der Waals surface area contributed by atoms with Crippen LogP contribution in [0.2, 0.25) is 0 Å². The summed E-state index contributed by atoms with van der Waals surface area (Å²) in [4.78, 5) is 11.9. The Bertz CT molecular complexity index is 259. The zero-order valence-corrected chi connectivity index (χ0v) is 10.5. The van der Waals surface area contributed by atoms with Gasteiger partial charge in [-0.25, -0.2) is 5.01 Å². The van der Waals surface area contributed by atoms with Crippen molar-refractivity contribution in [3.8, 4) is 0 Å². The number of carbonyl (C=O) groups excluding carboxylic acids is 1. The Morgan fingerprint density at radius 2 is 2.00 bits per heavy atom. The lowest BCUT2D eigenvalue weighted by Gasteiger charge is -2.44. The second kappa shape index (κ2) is 3.76. The Kier molecular flexibility index (Phi) is 3.12. The number of nitrogens with zero attached hydrogens (tertiary/aromatic N) is 2. The first-order valence-corrected chi connectivity index (χ1v) is 5.48. The van der Waals surface area contributed by atoms with Crippen LogP contribution in [-0.2, 0) is 4.79 Å². The molecule has 0 aromatic rings. The molecule has 1 aliphatic heterocycles. The Labute approximate surface area is 92.4 Å². The highest BCUT2D eigenvalue weighted by molar-refractivity contribution is 5.79. The van der Waals surface area contributed by atoms with Crippen LogP contribution < -0.4 is 5.73 Å². The lowest BCUT2D eigenvalue weighted by molar-refractivity contribution is -0.139. The van der Waals surface area contributed by atoms with Crippen LogP contribution in [0.3, 0.4) is 0 Å². The van der Waals surface area contributed by atoms with Gasteiger partial charge in [-0.15, -0.1) is 0 Å². The Hall–Kier alpha value is -0.610. The summed E-state index contributed by atoms with van der Waals surface area (Å²) < 4.78 is 0. The van der Waals surface area contributed by atoms with Crippen molar-refractivity contribution in [3.63, 3.8) is 0 Å². The second-order valence-electron chi connectivity index (χ2n) is 5.53. The molecule has 88 valence electrons. The lowest BCUT2D eigenvalue weighted by atomic mass is 9.73. The van der Waals surface area contributed by atoms with Gasteiger partial charge in [-0.3, -0.25) is 9.80 Å². The maximum atomic E-state index is 11.9. The number of hydrogen-bond donors (Lipinski definition) is 1. The van der Waals surface area contributed by atoms with Crippen molar-refractivity contribution in [1.82, 2.24) is 10.0 Å². The highest BCUT2D eigenvalue weighted by Crippen LogP contribution is 2.42. The maximum absolute atomic E-state index is 11.9. The minimum Gasteiger partial charge on any atom is -0.329 e. The zero-order chi connectivity index (χ0) is 11.9. The van der Waals surface area contributed by atoms with Crippen LogP contribution in [0.25, 0.3) is 0 Å². The summed E-state index contributed by atoms with van der Waals surface area (Å²) in [6.45, 7) is 9.77. The van der Waals surface area contributed by atoms with Gasteiger partial charge in [-0.2, -0.15) is 0 Å². The Balaban J connectivity index is 2.94. The first-order valence-electron chi connectivity index (χ1n) is 5.48. The molecule has 4 nitrogen and oxygen atoms in total. The smallest absolute Gasteiger partial charge is 0.238 e. The Morgan fingerprint density at radius 1 is 1.47 bits per heavy atom. The van der Waals surface area contributed by atoms with E-state index in [1.54, 1.807) is 5.01 Å². The Morgan fingerprint density at radius 3 is 2.33 bits per heavy atom.